The molecule has 0 aliphatic carbocycles. The topological polar surface area (TPSA) is 54.7 Å². The number of nitrogens with zero attached hydrogens (tertiary/aromatic N) is 1. The fraction of sp³-hybridized carbons (Fsp3) is 0. The van der Waals surface area contributed by atoms with Crippen LogP contribution in [0, 0.1) is 0 Å². The number of aromatic amines is 1. The first-order chi connectivity index (χ1) is 7.15. The van der Waals surface area contributed by atoms with E-state index in [1.807, 2.05) is 0 Å². The zero-order chi connectivity index (χ0) is 11.0. The molecule has 2 radical (unpaired) electrons. The molecular formula is C11H10BN3. The Balaban J connectivity index is 2.85. The van der Waals surface area contributed by atoms with Crippen molar-refractivity contribution in [2.75, 3.05) is 5.73 Å². The summed E-state index contributed by atoms with van der Waals surface area (Å²) in [6, 6.07) is 1.72. The lowest BCUT2D eigenvalue weighted by Crippen LogP contribution is -2.07. The third-order valence-corrected chi connectivity index (χ3v) is 2.32. The maximum Gasteiger partial charge on any atom is 0.139 e. The van der Waals surface area contributed by atoms with Crippen molar-refractivity contribution in [1.82, 2.24) is 9.97 Å². The average Bonchev–Trinajstić information content (AvgIpc) is 2.55. The highest BCUT2D eigenvalue weighted by atomic mass is 14.8. The molecule has 4 heteroatoms. The van der Waals surface area contributed by atoms with Gasteiger partial charge in [-0.2, -0.15) is 0 Å². The van der Waals surface area contributed by atoms with E-state index in [0.29, 0.717) is 11.3 Å². The lowest BCUT2D eigenvalue weighted by molar-refractivity contribution is 1.41. The fourth-order valence-corrected chi connectivity index (χ4v) is 1.55. The molecular weight excluding hydrogens is 185 g/mol. The predicted octanol–water partition coefficient (Wildman–Crippen LogP) is 1.14. The van der Waals surface area contributed by atoms with E-state index in [0.717, 1.165) is 22.2 Å². The number of rotatable bonds is 2. The van der Waals surface area contributed by atoms with Gasteiger partial charge in [0.05, 0.1) is 16.7 Å². The van der Waals surface area contributed by atoms with E-state index in [4.69, 9.17) is 13.6 Å². The second kappa shape index (κ2) is 3.31. The Hall–Kier alpha value is -1.97. The van der Waals surface area contributed by atoms with Crippen molar-refractivity contribution < 1.29 is 0 Å². The molecule has 72 valence electrons. The molecule has 0 aliphatic heterocycles. The van der Waals surface area contributed by atoms with Crippen LogP contribution < -0.4 is 11.3 Å². The average molecular weight is 195 g/mol. The van der Waals surface area contributed by atoms with Crippen molar-refractivity contribution in [2.24, 2.45) is 0 Å². The molecule has 0 atom stereocenters. The van der Waals surface area contributed by atoms with Crippen molar-refractivity contribution >= 4 is 35.7 Å². The highest BCUT2D eigenvalue weighted by molar-refractivity contribution is 6.35. The highest BCUT2D eigenvalue weighted by Gasteiger charge is 2.11. The van der Waals surface area contributed by atoms with Crippen LogP contribution in [0.1, 0.15) is 5.56 Å². The van der Waals surface area contributed by atoms with Gasteiger partial charge < -0.3 is 10.7 Å². The molecule has 0 spiro atoms. The van der Waals surface area contributed by atoms with Crippen LogP contribution in [0.4, 0.5) is 5.69 Å². The molecule has 0 fully saturated rings. The molecule has 3 nitrogen and oxygen atoms in total. The van der Waals surface area contributed by atoms with E-state index >= 15 is 0 Å². The van der Waals surface area contributed by atoms with Gasteiger partial charge in [0.2, 0.25) is 0 Å². The van der Waals surface area contributed by atoms with Gasteiger partial charge >= 0.3 is 0 Å². The van der Waals surface area contributed by atoms with Gasteiger partial charge in [0.15, 0.2) is 0 Å². The van der Waals surface area contributed by atoms with Gasteiger partial charge in [0.25, 0.3) is 0 Å². The molecule has 2 aromatic heterocycles. The number of H-pyrrole nitrogens is 1. The molecule has 0 saturated carbocycles. The first-order valence-electron chi connectivity index (χ1n) is 4.48. The quantitative estimate of drug-likeness (QED) is 0.557. The number of nitrogens with two attached hydrogens (primary N) is 1. The molecule has 0 aliphatic rings. The van der Waals surface area contributed by atoms with Crippen molar-refractivity contribution in [2.45, 2.75) is 0 Å². The largest absolute Gasteiger partial charge is 0.397 e. The summed E-state index contributed by atoms with van der Waals surface area (Å²) < 4.78 is 0. The number of hydrogen-bond donors (Lipinski definition) is 2. The Morgan fingerprint density at radius 3 is 3.00 bits per heavy atom. The summed E-state index contributed by atoms with van der Waals surface area (Å²) in [5.74, 6) is 0. The fourth-order valence-electron chi connectivity index (χ4n) is 1.55. The van der Waals surface area contributed by atoms with Crippen molar-refractivity contribution in [3.63, 3.8) is 0 Å². The summed E-state index contributed by atoms with van der Waals surface area (Å²) in [5, 5.41) is 0. The maximum absolute atomic E-state index is 5.84. The summed E-state index contributed by atoms with van der Waals surface area (Å²) in [6.45, 7) is 7.52. The van der Waals surface area contributed by atoms with E-state index in [-0.39, 0.29) is 0 Å². The van der Waals surface area contributed by atoms with Crippen LogP contribution in [0.25, 0.3) is 16.6 Å². The number of allylic oxidation sites excluding steroid dienone is 2. The lowest BCUT2D eigenvalue weighted by atomic mass is 9.95. The highest BCUT2D eigenvalue weighted by Crippen LogP contribution is 2.23. The lowest BCUT2D eigenvalue weighted by Gasteiger charge is -1.99. The molecule has 0 aromatic carbocycles. The van der Waals surface area contributed by atoms with Gasteiger partial charge in [-0.3, -0.25) is 4.98 Å². The Bertz CT molecular complexity index is 554. The monoisotopic (exact) mass is 195 g/mol. The Labute approximate surface area is 89.1 Å². The van der Waals surface area contributed by atoms with Gasteiger partial charge in [0, 0.05) is 11.8 Å². The van der Waals surface area contributed by atoms with E-state index in [1.165, 1.54) is 0 Å². The number of fused-ring (bicyclic) bond motifs is 1. The minimum Gasteiger partial charge on any atom is -0.397 e. The third-order valence-electron chi connectivity index (χ3n) is 2.32. The Kier molecular flexibility index (Phi) is 2.12. The predicted molar refractivity (Wildman–Crippen MR) is 65.1 cm³/mol. The number of pyridine rings is 1. The smallest absolute Gasteiger partial charge is 0.139 e. The second-order valence-electron chi connectivity index (χ2n) is 3.27. The van der Waals surface area contributed by atoms with Crippen LogP contribution in [0.15, 0.2) is 31.5 Å². The molecule has 15 heavy (non-hydrogen) atoms. The number of anilines is 1. The first kappa shape index (κ1) is 9.58. The Morgan fingerprint density at radius 1 is 1.60 bits per heavy atom. The van der Waals surface area contributed by atoms with Gasteiger partial charge in [0.1, 0.15) is 7.85 Å². The van der Waals surface area contributed by atoms with Crippen LogP contribution in [0.3, 0.4) is 0 Å². The minimum atomic E-state index is 0.514. The molecule has 0 unspecified atom stereocenters. The molecule has 3 N–H and O–H groups in total. The Morgan fingerprint density at radius 2 is 2.33 bits per heavy atom. The van der Waals surface area contributed by atoms with Crippen LogP contribution in [0.2, 0.25) is 0 Å². The van der Waals surface area contributed by atoms with Crippen LogP contribution >= 0.6 is 0 Å². The number of nitrogen functional groups attached to an aromatic ring is 1. The minimum absolute atomic E-state index is 0.514. The summed E-state index contributed by atoms with van der Waals surface area (Å²) in [5.41, 5.74) is 9.91. The van der Waals surface area contributed by atoms with Crippen molar-refractivity contribution in [3.8, 4) is 0 Å². The van der Waals surface area contributed by atoms with Gasteiger partial charge in [-0.1, -0.05) is 19.2 Å². The zero-order valence-electron chi connectivity index (χ0n) is 8.25. The van der Waals surface area contributed by atoms with Crippen molar-refractivity contribution in [1.29, 1.82) is 0 Å². The van der Waals surface area contributed by atoms with Gasteiger partial charge in [-0.15, -0.1) is 0 Å². The third kappa shape index (κ3) is 1.34. The maximum atomic E-state index is 5.84. The summed E-state index contributed by atoms with van der Waals surface area (Å²) in [4.78, 5) is 7.22. The summed E-state index contributed by atoms with van der Waals surface area (Å²) in [6.07, 6.45) is 3.29. The molecule has 2 aromatic rings. The molecule has 0 bridgehead atoms. The van der Waals surface area contributed by atoms with E-state index in [1.54, 1.807) is 18.3 Å². The van der Waals surface area contributed by atoms with E-state index < -0.39 is 0 Å². The molecule has 2 heterocycles. The SMILES string of the molecule is [B]c1[nH]c2c(N)ccnc2c1C(=C)C=C. The van der Waals surface area contributed by atoms with Gasteiger partial charge in [-0.25, -0.2) is 0 Å². The first-order valence-corrected chi connectivity index (χ1v) is 4.48. The van der Waals surface area contributed by atoms with E-state index in [9.17, 15) is 0 Å². The molecule has 0 saturated heterocycles. The number of nitrogens with one attached hydrogen (secondary N) is 1. The van der Waals surface area contributed by atoms with Crippen LogP contribution in [0.5, 0.6) is 0 Å². The van der Waals surface area contributed by atoms with Crippen LogP contribution in [-0.4, -0.2) is 17.8 Å². The number of hydrogen-bond acceptors (Lipinski definition) is 2. The van der Waals surface area contributed by atoms with Crippen molar-refractivity contribution in [3.05, 3.63) is 37.1 Å². The zero-order valence-corrected chi connectivity index (χ0v) is 8.25. The van der Waals surface area contributed by atoms with Crippen LogP contribution in [-0.2, 0) is 0 Å². The summed E-state index contributed by atoms with van der Waals surface area (Å²) in [7, 11) is 5.84. The standard InChI is InChI=1S/C11H10BN3/c1-3-6(2)8-10-9(15-11(8)12)7(13)4-5-14-10/h3-5,15H,1-2H2,(H2,13,14). The molecule has 2 rings (SSSR count). The summed E-state index contributed by atoms with van der Waals surface area (Å²) >= 11 is 0. The van der Waals surface area contributed by atoms with Gasteiger partial charge in [-0.05, 0) is 17.2 Å². The van der Waals surface area contributed by atoms with E-state index in [2.05, 4.69) is 23.1 Å². The number of aromatic nitrogens is 2. The second-order valence-corrected chi connectivity index (χ2v) is 3.27. The normalized spacial score (nSPS) is 10.4. The molecule has 0 amide bonds.